The molecule has 0 N–H and O–H groups in total. The fraction of sp³-hybridized carbons (Fsp3) is 1.00. The van der Waals surface area contributed by atoms with E-state index in [2.05, 4.69) is 41.5 Å². The molecule has 0 bridgehead atoms. The molecule has 0 nitrogen and oxygen atoms in total. The normalized spacial score (nSPS) is 22.0. The Morgan fingerprint density at radius 1 is 0.733 bits per heavy atom. The van der Waals surface area contributed by atoms with E-state index in [9.17, 15) is 0 Å². The Hall–Kier alpha value is 0. The lowest BCUT2D eigenvalue weighted by Gasteiger charge is -2.40. The Morgan fingerprint density at radius 2 is 1.07 bits per heavy atom. The summed E-state index contributed by atoms with van der Waals surface area (Å²) in [4.78, 5) is 0. The molecule has 0 aromatic carbocycles. The Labute approximate surface area is 96.8 Å². The number of hydrogen-bond donors (Lipinski definition) is 0. The lowest BCUT2D eigenvalue weighted by atomic mass is 9.65. The molecule has 0 amide bonds. The van der Waals surface area contributed by atoms with E-state index in [0.717, 1.165) is 0 Å². The number of hydrogen-bond acceptors (Lipinski definition) is 0. The number of rotatable bonds is 2. The van der Waals surface area contributed by atoms with Crippen molar-refractivity contribution in [3.05, 3.63) is 0 Å². The minimum atomic E-state index is 0.496. The molecule has 0 aliphatic heterocycles. The van der Waals surface area contributed by atoms with Gasteiger partial charge in [-0.25, -0.2) is 0 Å². The van der Waals surface area contributed by atoms with E-state index in [1.807, 2.05) is 0 Å². The first-order valence-corrected chi connectivity index (χ1v) is 6.62. The molecule has 1 rings (SSSR count). The third-order valence-electron chi connectivity index (χ3n) is 3.47. The Balaban J connectivity index is 2.71. The zero-order chi connectivity index (χ0) is 11.7. The van der Waals surface area contributed by atoms with Crippen molar-refractivity contribution < 1.29 is 0 Å². The first-order chi connectivity index (χ1) is 6.62. The summed E-state index contributed by atoms with van der Waals surface area (Å²) in [5.41, 5.74) is 1.65. The van der Waals surface area contributed by atoms with Crippen LogP contribution in [-0.2, 0) is 0 Å². The predicted octanol–water partition coefficient (Wildman–Crippen LogP) is 5.42. The largest absolute Gasteiger partial charge is 0.0602 e. The molecule has 1 saturated carbocycles. The van der Waals surface area contributed by atoms with E-state index in [0.29, 0.717) is 16.2 Å². The summed E-state index contributed by atoms with van der Waals surface area (Å²) in [5.74, 6) is 0. The van der Waals surface area contributed by atoms with Gasteiger partial charge in [0.2, 0.25) is 0 Å². The van der Waals surface area contributed by atoms with Crippen LogP contribution in [0.15, 0.2) is 0 Å². The summed E-state index contributed by atoms with van der Waals surface area (Å²) in [5, 5.41) is 0. The Bertz CT molecular complexity index is 175. The molecule has 0 unspecified atom stereocenters. The third-order valence-corrected chi connectivity index (χ3v) is 3.47. The topological polar surface area (TPSA) is 0 Å². The molecule has 1 aliphatic carbocycles. The summed E-state index contributed by atoms with van der Waals surface area (Å²) in [6.45, 7) is 14.4. The molecule has 0 atom stereocenters. The summed E-state index contributed by atoms with van der Waals surface area (Å²) in [6, 6.07) is 0. The van der Waals surface area contributed by atoms with Gasteiger partial charge in [-0.2, -0.15) is 0 Å². The van der Waals surface area contributed by atoms with Crippen molar-refractivity contribution in [1.82, 2.24) is 0 Å². The van der Waals surface area contributed by atoms with Crippen molar-refractivity contribution in [2.75, 3.05) is 0 Å². The molecule has 0 heterocycles. The molecule has 1 aliphatic rings. The molecular formula is C15H30. The van der Waals surface area contributed by atoms with Crippen LogP contribution in [0, 0.1) is 16.2 Å². The maximum Gasteiger partial charge on any atom is -0.0288 e. The van der Waals surface area contributed by atoms with E-state index in [-0.39, 0.29) is 0 Å². The highest BCUT2D eigenvalue weighted by Gasteiger charge is 2.39. The Morgan fingerprint density at radius 3 is 1.33 bits per heavy atom. The first kappa shape index (κ1) is 13.1. The van der Waals surface area contributed by atoms with Crippen LogP contribution in [0.3, 0.4) is 0 Å². The summed E-state index contributed by atoms with van der Waals surface area (Å²) >= 11 is 0. The second kappa shape index (κ2) is 4.11. The van der Waals surface area contributed by atoms with E-state index >= 15 is 0 Å². The fourth-order valence-corrected chi connectivity index (χ4v) is 3.79. The SMILES string of the molecule is CC(C)(C)CC1(CC(C)(C)C)CCCC1. The maximum atomic E-state index is 2.40. The van der Waals surface area contributed by atoms with Crippen LogP contribution in [0.4, 0.5) is 0 Å². The van der Waals surface area contributed by atoms with Gasteiger partial charge < -0.3 is 0 Å². The average Bonchev–Trinajstić information content (AvgIpc) is 2.27. The second-order valence-electron chi connectivity index (χ2n) is 8.18. The molecule has 0 radical (unpaired) electrons. The van der Waals surface area contributed by atoms with Crippen molar-refractivity contribution >= 4 is 0 Å². The quantitative estimate of drug-likeness (QED) is 0.571. The predicted molar refractivity (Wildman–Crippen MR) is 69.0 cm³/mol. The highest BCUT2D eigenvalue weighted by atomic mass is 14.4. The molecule has 0 heteroatoms. The van der Waals surface area contributed by atoms with Gasteiger partial charge >= 0.3 is 0 Å². The summed E-state index contributed by atoms with van der Waals surface area (Å²) in [6.07, 6.45) is 8.70. The van der Waals surface area contributed by atoms with Gasteiger partial charge in [-0.3, -0.25) is 0 Å². The van der Waals surface area contributed by atoms with Crippen molar-refractivity contribution in [3.8, 4) is 0 Å². The van der Waals surface area contributed by atoms with Gasteiger partial charge in [0.05, 0.1) is 0 Å². The zero-order valence-electron chi connectivity index (χ0n) is 11.7. The molecule has 0 aromatic rings. The smallest absolute Gasteiger partial charge is 0.0288 e. The standard InChI is InChI=1S/C15H30/c1-13(2,3)11-15(9-7-8-10-15)12-14(4,5)6/h7-12H2,1-6H3. The van der Waals surface area contributed by atoms with E-state index in [1.165, 1.54) is 38.5 Å². The maximum absolute atomic E-state index is 2.40. The van der Waals surface area contributed by atoms with Crippen LogP contribution in [0.2, 0.25) is 0 Å². The molecular weight excluding hydrogens is 180 g/mol. The first-order valence-electron chi connectivity index (χ1n) is 6.62. The van der Waals surface area contributed by atoms with Gasteiger partial charge in [-0.05, 0) is 41.9 Å². The zero-order valence-corrected chi connectivity index (χ0v) is 11.7. The van der Waals surface area contributed by atoms with Gasteiger partial charge in [-0.1, -0.05) is 54.4 Å². The minimum Gasteiger partial charge on any atom is -0.0602 e. The summed E-state index contributed by atoms with van der Waals surface area (Å²) < 4.78 is 0. The third kappa shape index (κ3) is 4.57. The Kier molecular flexibility index (Phi) is 3.58. The van der Waals surface area contributed by atoms with E-state index in [1.54, 1.807) is 0 Å². The van der Waals surface area contributed by atoms with Gasteiger partial charge in [0, 0.05) is 0 Å². The molecule has 90 valence electrons. The van der Waals surface area contributed by atoms with Crippen LogP contribution in [0.1, 0.15) is 80.1 Å². The van der Waals surface area contributed by atoms with E-state index in [4.69, 9.17) is 0 Å². The van der Waals surface area contributed by atoms with Crippen LogP contribution in [-0.4, -0.2) is 0 Å². The summed E-state index contributed by atoms with van der Waals surface area (Å²) in [7, 11) is 0. The minimum absolute atomic E-state index is 0.496. The highest BCUT2D eigenvalue weighted by Crippen LogP contribution is 2.52. The van der Waals surface area contributed by atoms with Crippen LogP contribution in [0.5, 0.6) is 0 Å². The van der Waals surface area contributed by atoms with Crippen LogP contribution in [0.25, 0.3) is 0 Å². The van der Waals surface area contributed by atoms with Crippen molar-refractivity contribution in [2.24, 2.45) is 16.2 Å². The monoisotopic (exact) mass is 210 g/mol. The van der Waals surface area contributed by atoms with Crippen LogP contribution < -0.4 is 0 Å². The lowest BCUT2D eigenvalue weighted by Crippen LogP contribution is -2.28. The lowest BCUT2D eigenvalue weighted by molar-refractivity contribution is 0.111. The van der Waals surface area contributed by atoms with Crippen LogP contribution >= 0.6 is 0 Å². The highest BCUT2D eigenvalue weighted by molar-refractivity contribution is 4.91. The van der Waals surface area contributed by atoms with Gasteiger partial charge in [0.25, 0.3) is 0 Å². The van der Waals surface area contributed by atoms with E-state index < -0.39 is 0 Å². The van der Waals surface area contributed by atoms with Crippen molar-refractivity contribution in [1.29, 1.82) is 0 Å². The molecule has 1 fully saturated rings. The molecule has 15 heavy (non-hydrogen) atoms. The fourth-order valence-electron chi connectivity index (χ4n) is 3.79. The average molecular weight is 210 g/mol. The molecule has 0 aromatic heterocycles. The van der Waals surface area contributed by atoms with Crippen molar-refractivity contribution in [3.63, 3.8) is 0 Å². The van der Waals surface area contributed by atoms with Gasteiger partial charge in [-0.15, -0.1) is 0 Å². The molecule has 0 saturated heterocycles. The van der Waals surface area contributed by atoms with Gasteiger partial charge in [0.1, 0.15) is 0 Å². The second-order valence-corrected chi connectivity index (χ2v) is 8.18. The van der Waals surface area contributed by atoms with Crippen molar-refractivity contribution in [2.45, 2.75) is 80.1 Å². The van der Waals surface area contributed by atoms with Gasteiger partial charge in [0.15, 0.2) is 0 Å². The molecule has 0 spiro atoms.